The minimum Gasteiger partial charge on any atom is -0.342 e. The van der Waals surface area contributed by atoms with Gasteiger partial charge in [0.2, 0.25) is 5.91 Å². The van der Waals surface area contributed by atoms with Crippen LogP contribution in [0.25, 0.3) is 10.2 Å². The van der Waals surface area contributed by atoms with Gasteiger partial charge in [-0.15, -0.1) is 23.1 Å². The van der Waals surface area contributed by atoms with Crippen LogP contribution >= 0.6 is 23.1 Å². The number of para-hydroxylation sites is 1. The highest BCUT2D eigenvalue weighted by atomic mass is 32.2. The summed E-state index contributed by atoms with van der Waals surface area (Å²) >= 11 is 3.27. The molecule has 0 unspecified atom stereocenters. The van der Waals surface area contributed by atoms with Crippen LogP contribution in [0.3, 0.4) is 0 Å². The molecular formula is C18H22N2O3S3. The number of thiazole rings is 1. The van der Waals surface area contributed by atoms with Crippen molar-refractivity contribution in [2.45, 2.75) is 30.4 Å². The molecule has 1 amide bonds. The fraction of sp³-hybridized carbons (Fsp3) is 0.556. The van der Waals surface area contributed by atoms with Crippen LogP contribution in [0.4, 0.5) is 0 Å². The third-order valence-electron chi connectivity index (χ3n) is 5.14. The number of piperidine rings is 1. The summed E-state index contributed by atoms with van der Waals surface area (Å²) in [5.41, 5.74) is 1.06. The number of nitrogens with zero attached hydrogens (tertiary/aromatic N) is 2. The Balaban J connectivity index is 1.28. The number of likely N-dealkylation sites (tertiary alicyclic amines) is 1. The van der Waals surface area contributed by atoms with Gasteiger partial charge in [0.05, 0.1) is 32.5 Å². The Labute approximate surface area is 162 Å². The highest BCUT2D eigenvalue weighted by Gasteiger charge is 2.30. The molecule has 0 bridgehead atoms. The van der Waals surface area contributed by atoms with Crippen LogP contribution in [0.5, 0.6) is 0 Å². The van der Waals surface area contributed by atoms with E-state index in [1.165, 1.54) is 21.5 Å². The summed E-state index contributed by atoms with van der Waals surface area (Å²) in [7, 11) is -2.87. The Hall–Kier alpha value is -1.12. The molecule has 5 nitrogen and oxygen atoms in total. The first-order valence-electron chi connectivity index (χ1n) is 8.95. The number of amides is 1. The molecule has 3 heterocycles. The number of sulfone groups is 1. The number of rotatable bonds is 4. The van der Waals surface area contributed by atoms with E-state index in [2.05, 4.69) is 12.1 Å². The van der Waals surface area contributed by atoms with Gasteiger partial charge in [-0.2, -0.15) is 0 Å². The Morgan fingerprint density at radius 1 is 1.23 bits per heavy atom. The van der Waals surface area contributed by atoms with Gasteiger partial charge in [-0.3, -0.25) is 4.79 Å². The van der Waals surface area contributed by atoms with E-state index in [1.807, 2.05) is 17.0 Å². The van der Waals surface area contributed by atoms with Crippen molar-refractivity contribution in [3.8, 4) is 0 Å². The van der Waals surface area contributed by atoms with E-state index in [4.69, 9.17) is 4.98 Å². The van der Waals surface area contributed by atoms with Gasteiger partial charge in [-0.05, 0) is 31.4 Å². The van der Waals surface area contributed by atoms with E-state index >= 15 is 0 Å². The Morgan fingerprint density at radius 3 is 2.69 bits per heavy atom. The van der Waals surface area contributed by atoms with Crippen LogP contribution in [0.1, 0.15) is 30.2 Å². The van der Waals surface area contributed by atoms with Crippen LogP contribution in [0, 0.1) is 0 Å². The molecule has 8 heteroatoms. The average molecular weight is 411 g/mol. The lowest BCUT2D eigenvalue weighted by molar-refractivity contribution is -0.129. The number of carbonyl (C=O) groups excluding carboxylic acids is 1. The topological polar surface area (TPSA) is 67.3 Å². The average Bonchev–Trinajstić information content (AvgIpc) is 3.22. The zero-order valence-electron chi connectivity index (χ0n) is 14.5. The summed E-state index contributed by atoms with van der Waals surface area (Å²) in [6, 6.07) is 8.21. The van der Waals surface area contributed by atoms with Crippen molar-refractivity contribution in [3.05, 3.63) is 29.3 Å². The number of carbonyl (C=O) groups is 1. The summed E-state index contributed by atoms with van der Waals surface area (Å²) in [6.07, 6.45) is 2.59. The molecule has 140 valence electrons. The highest BCUT2D eigenvalue weighted by Crippen LogP contribution is 2.34. The minimum atomic E-state index is -2.87. The molecule has 1 atom stereocenters. The molecule has 2 fully saturated rings. The Bertz CT molecular complexity index is 868. The van der Waals surface area contributed by atoms with Crippen LogP contribution in [0.15, 0.2) is 24.3 Å². The molecule has 0 radical (unpaired) electrons. The second-order valence-electron chi connectivity index (χ2n) is 7.01. The highest BCUT2D eigenvalue weighted by molar-refractivity contribution is 8.02. The zero-order chi connectivity index (χ0) is 18.1. The molecule has 0 aliphatic carbocycles. The van der Waals surface area contributed by atoms with Gasteiger partial charge in [-0.1, -0.05) is 12.1 Å². The lowest BCUT2D eigenvalue weighted by Crippen LogP contribution is -2.39. The van der Waals surface area contributed by atoms with Crippen molar-refractivity contribution in [3.63, 3.8) is 0 Å². The Morgan fingerprint density at radius 2 is 2.00 bits per heavy atom. The third kappa shape index (κ3) is 4.07. The van der Waals surface area contributed by atoms with Gasteiger partial charge in [0.25, 0.3) is 0 Å². The summed E-state index contributed by atoms with van der Waals surface area (Å²) in [5.74, 6) is 1.47. The molecule has 4 rings (SSSR count). The first-order chi connectivity index (χ1) is 12.5. The SMILES string of the molecule is O=C(CS[C@H]1CCS(=O)(=O)C1)N1CCC(c2nc3ccccc3s2)CC1. The monoisotopic (exact) mass is 410 g/mol. The predicted molar refractivity (Wildman–Crippen MR) is 108 cm³/mol. The quantitative estimate of drug-likeness (QED) is 0.775. The molecule has 1 aromatic carbocycles. The summed E-state index contributed by atoms with van der Waals surface area (Å²) in [6.45, 7) is 1.53. The fourth-order valence-electron chi connectivity index (χ4n) is 3.61. The molecule has 0 N–H and O–H groups in total. The number of fused-ring (bicyclic) bond motifs is 1. The first-order valence-corrected chi connectivity index (χ1v) is 12.6. The van der Waals surface area contributed by atoms with Gasteiger partial charge < -0.3 is 4.90 Å². The molecule has 2 saturated heterocycles. The minimum absolute atomic E-state index is 0.0873. The first kappa shape index (κ1) is 18.3. The zero-order valence-corrected chi connectivity index (χ0v) is 16.9. The standard InChI is InChI=1S/C18H22N2O3S3/c21-17(11-24-14-7-10-26(22,23)12-14)20-8-5-13(6-9-20)18-19-15-3-1-2-4-16(15)25-18/h1-4,13-14H,5-12H2/t14-/m0/s1. The summed E-state index contributed by atoms with van der Waals surface area (Å²) in [5, 5.41) is 1.27. The molecule has 0 saturated carbocycles. The second-order valence-corrected chi connectivity index (χ2v) is 11.6. The van der Waals surface area contributed by atoms with E-state index in [0.717, 1.165) is 31.4 Å². The lowest BCUT2D eigenvalue weighted by Gasteiger charge is -2.31. The normalized spacial score (nSPS) is 23.5. The van der Waals surface area contributed by atoms with Crippen molar-refractivity contribution in [1.82, 2.24) is 9.88 Å². The van der Waals surface area contributed by atoms with Gasteiger partial charge in [0.15, 0.2) is 9.84 Å². The Kier molecular flexibility index (Phi) is 5.25. The smallest absolute Gasteiger partial charge is 0.232 e. The third-order valence-corrected chi connectivity index (χ3v) is 9.61. The molecular weight excluding hydrogens is 388 g/mol. The number of hydrogen-bond donors (Lipinski definition) is 0. The molecule has 26 heavy (non-hydrogen) atoms. The maximum atomic E-state index is 12.4. The van der Waals surface area contributed by atoms with Crippen molar-refractivity contribution in [2.75, 3.05) is 30.3 Å². The number of benzene rings is 1. The molecule has 2 aliphatic rings. The molecule has 1 aromatic heterocycles. The largest absolute Gasteiger partial charge is 0.342 e. The van der Waals surface area contributed by atoms with Crippen molar-refractivity contribution < 1.29 is 13.2 Å². The maximum Gasteiger partial charge on any atom is 0.232 e. The van der Waals surface area contributed by atoms with E-state index in [1.54, 1.807) is 11.3 Å². The number of hydrogen-bond acceptors (Lipinski definition) is 6. The summed E-state index contributed by atoms with van der Waals surface area (Å²) in [4.78, 5) is 19.1. The van der Waals surface area contributed by atoms with E-state index in [9.17, 15) is 13.2 Å². The van der Waals surface area contributed by atoms with Crippen molar-refractivity contribution >= 4 is 49.1 Å². The predicted octanol–water partition coefficient (Wildman–Crippen LogP) is 2.92. The van der Waals surface area contributed by atoms with Gasteiger partial charge in [-0.25, -0.2) is 13.4 Å². The van der Waals surface area contributed by atoms with Gasteiger partial charge in [0.1, 0.15) is 0 Å². The fourth-order valence-corrected chi connectivity index (χ4v) is 8.29. The van der Waals surface area contributed by atoms with Crippen LogP contribution in [-0.4, -0.2) is 59.8 Å². The van der Waals surface area contributed by atoms with E-state index < -0.39 is 9.84 Å². The van der Waals surface area contributed by atoms with Gasteiger partial charge >= 0.3 is 0 Å². The van der Waals surface area contributed by atoms with Crippen molar-refractivity contribution in [1.29, 1.82) is 0 Å². The van der Waals surface area contributed by atoms with Crippen LogP contribution < -0.4 is 0 Å². The molecule has 2 aliphatic heterocycles. The summed E-state index contributed by atoms with van der Waals surface area (Å²) < 4.78 is 24.2. The second kappa shape index (κ2) is 7.48. The molecule has 2 aromatic rings. The van der Waals surface area contributed by atoms with E-state index in [-0.39, 0.29) is 22.7 Å². The van der Waals surface area contributed by atoms with Crippen LogP contribution in [0.2, 0.25) is 0 Å². The van der Waals surface area contributed by atoms with Crippen LogP contribution in [-0.2, 0) is 14.6 Å². The number of thioether (sulfide) groups is 1. The molecule has 0 spiro atoms. The lowest BCUT2D eigenvalue weighted by atomic mass is 9.97. The van der Waals surface area contributed by atoms with E-state index in [0.29, 0.717) is 18.1 Å². The van der Waals surface area contributed by atoms with Gasteiger partial charge in [0, 0.05) is 24.3 Å². The maximum absolute atomic E-state index is 12.4. The van der Waals surface area contributed by atoms with Crippen molar-refractivity contribution in [2.24, 2.45) is 0 Å². The number of aromatic nitrogens is 1.